The van der Waals surface area contributed by atoms with Crippen LogP contribution in [0, 0.1) is 6.92 Å². The van der Waals surface area contributed by atoms with Gasteiger partial charge in [0.05, 0.1) is 5.56 Å². The van der Waals surface area contributed by atoms with E-state index < -0.39 is 5.97 Å². The van der Waals surface area contributed by atoms with Crippen LogP contribution < -0.4 is 0 Å². The van der Waals surface area contributed by atoms with Crippen molar-refractivity contribution in [3.8, 4) is 0 Å². The molecule has 1 N–H and O–H groups in total. The van der Waals surface area contributed by atoms with Gasteiger partial charge in [-0.05, 0) is 41.6 Å². The number of aryl methyl sites for hydroxylation is 1. The van der Waals surface area contributed by atoms with Crippen LogP contribution in [0.1, 0.15) is 16.2 Å². The van der Waals surface area contributed by atoms with Gasteiger partial charge in [0.1, 0.15) is 5.82 Å². The molecule has 0 aliphatic rings. The van der Waals surface area contributed by atoms with E-state index in [1.54, 1.807) is 6.07 Å². The molecule has 3 aromatic rings. The SMILES string of the molecule is Cc1nnc(Sc2ccc(C(=O)O)c3ccccc23)n1C. The van der Waals surface area contributed by atoms with Crippen LogP contribution in [-0.2, 0) is 7.05 Å². The smallest absolute Gasteiger partial charge is 0.336 e. The third kappa shape index (κ3) is 2.38. The van der Waals surface area contributed by atoms with Gasteiger partial charge in [0, 0.05) is 11.9 Å². The summed E-state index contributed by atoms with van der Waals surface area (Å²) < 4.78 is 1.91. The molecule has 0 saturated carbocycles. The predicted molar refractivity (Wildman–Crippen MR) is 80.8 cm³/mol. The molecule has 0 bridgehead atoms. The van der Waals surface area contributed by atoms with Crippen molar-refractivity contribution < 1.29 is 9.90 Å². The lowest BCUT2D eigenvalue weighted by molar-refractivity contribution is 0.0699. The molecule has 2 aromatic carbocycles. The van der Waals surface area contributed by atoms with Gasteiger partial charge in [0.25, 0.3) is 0 Å². The molecule has 21 heavy (non-hydrogen) atoms. The Kier molecular flexibility index (Phi) is 3.39. The summed E-state index contributed by atoms with van der Waals surface area (Å²) >= 11 is 1.48. The quantitative estimate of drug-likeness (QED) is 0.804. The number of hydrogen-bond donors (Lipinski definition) is 1. The Morgan fingerprint density at radius 2 is 1.86 bits per heavy atom. The Hall–Kier alpha value is -2.34. The van der Waals surface area contributed by atoms with Crippen molar-refractivity contribution in [1.29, 1.82) is 0 Å². The molecule has 5 nitrogen and oxygen atoms in total. The van der Waals surface area contributed by atoms with Crippen molar-refractivity contribution in [2.75, 3.05) is 0 Å². The molecule has 0 spiro atoms. The fourth-order valence-corrected chi connectivity index (χ4v) is 3.09. The number of aromatic nitrogens is 3. The van der Waals surface area contributed by atoms with E-state index in [-0.39, 0.29) is 0 Å². The largest absolute Gasteiger partial charge is 0.478 e. The molecule has 1 heterocycles. The molecule has 0 unspecified atom stereocenters. The van der Waals surface area contributed by atoms with E-state index in [0.29, 0.717) is 5.56 Å². The minimum atomic E-state index is -0.919. The first-order valence-corrected chi connectivity index (χ1v) is 7.18. The summed E-state index contributed by atoms with van der Waals surface area (Å²) in [7, 11) is 1.91. The molecule has 0 atom stereocenters. The number of nitrogens with zero attached hydrogens (tertiary/aromatic N) is 3. The monoisotopic (exact) mass is 299 g/mol. The minimum absolute atomic E-state index is 0.309. The van der Waals surface area contributed by atoms with E-state index in [0.717, 1.165) is 26.6 Å². The van der Waals surface area contributed by atoms with Gasteiger partial charge in [-0.25, -0.2) is 4.79 Å². The van der Waals surface area contributed by atoms with E-state index in [1.165, 1.54) is 11.8 Å². The Labute approximate surface area is 125 Å². The third-order valence-corrected chi connectivity index (χ3v) is 4.48. The highest BCUT2D eigenvalue weighted by Gasteiger charge is 2.14. The van der Waals surface area contributed by atoms with Gasteiger partial charge in [-0.3, -0.25) is 0 Å². The molecule has 3 rings (SSSR count). The van der Waals surface area contributed by atoms with Crippen LogP contribution in [-0.4, -0.2) is 25.8 Å². The highest BCUT2D eigenvalue weighted by molar-refractivity contribution is 7.99. The Morgan fingerprint density at radius 3 is 2.48 bits per heavy atom. The Bertz CT molecular complexity index is 842. The maximum absolute atomic E-state index is 11.3. The first-order chi connectivity index (χ1) is 10.1. The molecule has 0 aliphatic carbocycles. The average molecular weight is 299 g/mol. The number of fused-ring (bicyclic) bond motifs is 1. The lowest BCUT2D eigenvalue weighted by atomic mass is 10.0. The number of rotatable bonds is 3. The fraction of sp³-hybridized carbons (Fsp3) is 0.133. The number of hydrogen-bond acceptors (Lipinski definition) is 4. The van der Waals surface area contributed by atoms with Gasteiger partial charge >= 0.3 is 5.97 Å². The maximum atomic E-state index is 11.3. The van der Waals surface area contributed by atoms with Crippen LogP contribution in [0.25, 0.3) is 10.8 Å². The van der Waals surface area contributed by atoms with Crippen molar-refractivity contribution in [3.63, 3.8) is 0 Å². The van der Waals surface area contributed by atoms with Crippen molar-refractivity contribution >= 4 is 28.5 Å². The van der Waals surface area contributed by atoms with Gasteiger partial charge in [-0.2, -0.15) is 0 Å². The van der Waals surface area contributed by atoms with E-state index >= 15 is 0 Å². The van der Waals surface area contributed by atoms with Crippen molar-refractivity contribution in [2.45, 2.75) is 17.0 Å². The average Bonchev–Trinajstić information content (AvgIpc) is 2.79. The molecule has 0 saturated heterocycles. The summed E-state index contributed by atoms with van der Waals surface area (Å²) in [6.07, 6.45) is 0. The van der Waals surface area contributed by atoms with E-state index in [4.69, 9.17) is 0 Å². The summed E-state index contributed by atoms with van der Waals surface area (Å²) in [6.45, 7) is 1.89. The van der Waals surface area contributed by atoms with E-state index in [2.05, 4.69) is 10.2 Å². The Morgan fingerprint density at radius 1 is 1.14 bits per heavy atom. The highest BCUT2D eigenvalue weighted by atomic mass is 32.2. The number of benzene rings is 2. The van der Waals surface area contributed by atoms with Gasteiger partial charge in [0.2, 0.25) is 0 Å². The molecule has 0 amide bonds. The van der Waals surface area contributed by atoms with Crippen molar-refractivity contribution in [1.82, 2.24) is 14.8 Å². The molecule has 6 heteroatoms. The number of carbonyl (C=O) groups is 1. The standard InChI is InChI=1S/C15H13N3O2S/c1-9-16-17-15(18(9)2)21-13-8-7-12(14(19)20)10-5-3-4-6-11(10)13/h3-8H,1-2H3,(H,19,20). The van der Waals surface area contributed by atoms with Crippen LogP contribution in [0.5, 0.6) is 0 Å². The first-order valence-electron chi connectivity index (χ1n) is 6.37. The van der Waals surface area contributed by atoms with Gasteiger partial charge in [0.15, 0.2) is 5.16 Å². The molecular weight excluding hydrogens is 286 g/mol. The summed E-state index contributed by atoms with van der Waals surface area (Å²) in [6, 6.07) is 10.9. The van der Waals surface area contributed by atoms with Crippen molar-refractivity contribution in [2.24, 2.45) is 7.05 Å². The third-order valence-electron chi connectivity index (χ3n) is 3.37. The number of carboxylic acid groups (broad SMARTS) is 1. The van der Waals surface area contributed by atoms with Gasteiger partial charge in [-0.15, -0.1) is 10.2 Å². The fourth-order valence-electron chi connectivity index (χ4n) is 2.12. The number of carboxylic acids is 1. The van der Waals surface area contributed by atoms with Crippen LogP contribution in [0.2, 0.25) is 0 Å². The zero-order chi connectivity index (χ0) is 15.0. The van der Waals surface area contributed by atoms with Crippen LogP contribution in [0.3, 0.4) is 0 Å². The van der Waals surface area contributed by atoms with Crippen LogP contribution in [0.15, 0.2) is 46.5 Å². The zero-order valence-electron chi connectivity index (χ0n) is 11.6. The molecule has 1 aromatic heterocycles. The molecule has 106 valence electrons. The summed E-state index contributed by atoms with van der Waals surface area (Å²) in [4.78, 5) is 12.3. The topological polar surface area (TPSA) is 68.0 Å². The highest BCUT2D eigenvalue weighted by Crippen LogP contribution is 2.34. The molecule has 0 aliphatic heterocycles. The maximum Gasteiger partial charge on any atom is 0.336 e. The molecule has 0 radical (unpaired) electrons. The zero-order valence-corrected chi connectivity index (χ0v) is 12.4. The van der Waals surface area contributed by atoms with E-state index in [1.807, 2.05) is 48.9 Å². The Balaban J connectivity index is 2.14. The number of aromatic carboxylic acids is 1. The lowest BCUT2D eigenvalue weighted by Gasteiger charge is -2.08. The van der Waals surface area contributed by atoms with Crippen LogP contribution >= 0.6 is 11.8 Å². The second-order valence-electron chi connectivity index (χ2n) is 4.65. The molecule has 0 fully saturated rings. The van der Waals surface area contributed by atoms with Gasteiger partial charge < -0.3 is 9.67 Å². The summed E-state index contributed by atoms with van der Waals surface area (Å²) in [5, 5.41) is 19.9. The summed E-state index contributed by atoms with van der Waals surface area (Å²) in [5.74, 6) is -0.0822. The normalized spacial score (nSPS) is 11.0. The van der Waals surface area contributed by atoms with Crippen molar-refractivity contribution in [3.05, 3.63) is 47.8 Å². The van der Waals surface area contributed by atoms with E-state index in [9.17, 15) is 9.90 Å². The van der Waals surface area contributed by atoms with Crippen LogP contribution in [0.4, 0.5) is 0 Å². The second-order valence-corrected chi connectivity index (χ2v) is 5.66. The lowest BCUT2D eigenvalue weighted by Crippen LogP contribution is -1.98. The first kappa shape index (κ1) is 13.6. The predicted octanol–water partition coefficient (Wildman–Crippen LogP) is 3.13. The second kappa shape index (κ2) is 5.21. The minimum Gasteiger partial charge on any atom is -0.478 e. The summed E-state index contributed by atoms with van der Waals surface area (Å²) in [5.41, 5.74) is 0.309. The molecular formula is C15H13N3O2S. The van der Waals surface area contributed by atoms with Gasteiger partial charge in [-0.1, -0.05) is 24.3 Å².